The van der Waals surface area contributed by atoms with E-state index in [-0.39, 0.29) is 6.07 Å². The number of nitrogens with zero attached hydrogens (tertiary/aromatic N) is 1. The lowest BCUT2D eigenvalue weighted by molar-refractivity contribution is -0.150. The molecule has 0 fully saturated rings. The van der Waals surface area contributed by atoms with Gasteiger partial charge in [0.05, 0.1) is 7.11 Å². The summed E-state index contributed by atoms with van der Waals surface area (Å²) in [4.78, 5) is 13.7. The quantitative estimate of drug-likeness (QED) is 0.404. The number of pyridine rings is 1. The van der Waals surface area contributed by atoms with Crippen molar-refractivity contribution >= 4 is 16.1 Å². The Kier molecular flexibility index (Phi) is 5.84. The fourth-order valence-corrected chi connectivity index (χ4v) is 3.04. The fraction of sp³-hybridized carbons (Fsp3) is 0.250. The monoisotopic (exact) mass is 443 g/mol. The number of benzene rings is 1. The van der Waals surface area contributed by atoms with Gasteiger partial charge >= 0.3 is 28.4 Å². The van der Waals surface area contributed by atoms with Crippen molar-refractivity contribution in [3.05, 3.63) is 52.8 Å². The lowest BCUT2D eigenvalue weighted by atomic mass is 10.1. The van der Waals surface area contributed by atoms with Crippen LogP contribution in [0.15, 0.2) is 35.2 Å². The molecule has 0 amide bonds. The molecule has 2 aromatic rings. The third-order valence-corrected chi connectivity index (χ3v) is 4.69. The Bertz CT molecular complexity index is 1030. The topological polar surface area (TPSA) is 82.6 Å². The molecule has 29 heavy (non-hydrogen) atoms. The van der Waals surface area contributed by atoms with Gasteiger partial charge in [-0.2, -0.15) is 34.8 Å². The summed E-state index contributed by atoms with van der Waals surface area (Å²) >= 11 is 0. The number of alkyl halides is 6. The van der Waals surface area contributed by atoms with Crippen molar-refractivity contribution in [2.24, 2.45) is 0 Å². The van der Waals surface area contributed by atoms with E-state index in [1.54, 1.807) is 6.92 Å². The SMILES string of the molecule is COC(=O)c1c(OS(=O)(=O)c2ccc(C)cc2)cc(C(F)(F)F)nc1C(F)(F)F. The molecule has 1 aromatic heterocycles. The van der Waals surface area contributed by atoms with Crippen molar-refractivity contribution in [3.8, 4) is 5.75 Å². The molecule has 0 N–H and O–H groups in total. The summed E-state index contributed by atoms with van der Waals surface area (Å²) in [6.45, 7) is 1.61. The summed E-state index contributed by atoms with van der Waals surface area (Å²) < 4.78 is 112. The largest absolute Gasteiger partial charge is 0.465 e. The molecule has 0 atom stereocenters. The van der Waals surface area contributed by atoms with E-state index in [2.05, 4.69) is 13.9 Å². The highest BCUT2D eigenvalue weighted by Crippen LogP contribution is 2.40. The predicted molar refractivity (Wildman–Crippen MR) is 84.6 cm³/mol. The molecule has 1 heterocycles. The Hall–Kier alpha value is -2.83. The van der Waals surface area contributed by atoms with Crippen molar-refractivity contribution in [2.45, 2.75) is 24.2 Å². The first-order valence-corrected chi connectivity index (χ1v) is 8.86. The molecule has 6 nitrogen and oxygen atoms in total. The van der Waals surface area contributed by atoms with Crippen molar-refractivity contribution in [2.75, 3.05) is 7.11 Å². The van der Waals surface area contributed by atoms with Crippen LogP contribution in [0, 0.1) is 6.92 Å². The molecular weight excluding hydrogens is 432 g/mol. The van der Waals surface area contributed by atoms with Crippen molar-refractivity contribution in [1.29, 1.82) is 0 Å². The van der Waals surface area contributed by atoms with Crippen LogP contribution in [0.5, 0.6) is 5.75 Å². The zero-order valence-corrected chi connectivity index (χ0v) is 15.4. The smallest absolute Gasteiger partial charge is 0.434 e. The van der Waals surface area contributed by atoms with E-state index in [9.17, 15) is 39.6 Å². The minimum absolute atomic E-state index is 0.118. The molecule has 0 spiro atoms. The molecule has 0 unspecified atom stereocenters. The Morgan fingerprint density at radius 2 is 1.55 bits per heavy atom. The second-order valence-corrected chi connectivity index (χ2v) is 7.11. The Balaban J connectivity index is 2.77. The first kappa shape index (κ1) is 22.5. The number of esters is 1. The third kappa shape index (κ3) is 4.96. The number of aromatic nitrogens is 1. The standard InChI is InChI=1S/C16H11F6NO5S/c1-8-3-5-9(6-4-8)29(25,26)28-10-7-11(15(17,18)19)23-13(16(20,21)22)12(10)14(24)27-2/h3-7H,1-2H3. The average molecular weight is 443 g/mol. The van der Waals surface area contributed by atoms with Gasteiger partial charge in [-0.15, -0.1) is 0 Å². The molecule has 2 rings (SSSR count). The number of carbonyl (C=O) groups excluding carboxylic acids is 1. The van der Waals surface area contributed by atoms with Crippen LogP contribution in [-0.4, -0.2) is 26.5 Å². The van der Waals surface area contributed by atoms with Crippen molar-refractivity contribution in [3.63, 3.8) is 0 Å². The fourth-order valence-electron chi connectivity index (χ4n) is 2.11. The molecule has 0 aliphatic heterocycles. The van der Waals surface area contributed by atoms with Crippen LogP contribution in [0.3, 0.4) is 0 Å². The number of ether oxygens (including phenoxy) is 1. The molecular formula is C16H11F6NO5S. The molecule has 1 aromatic carbocycles. The lowest BCUT2D eigenvalue weighted by Gasteiger charge is -2.17. The van der Waals surface area contributed by atoms with Crippen molar-refractivity contribution < 1.29 is 48.5 Å². The van der Waals surface area contributed by atoms with E-state index in [1.165, 1.54) is 12.1 Å². The number of methoxy groups -OCH3 is 1. The van der Waals surface area contributed by atoms with E-state index >= 15 is 0 Å². The molecule has 0 bridgehead atoms. The van der Waals surface area contributed by atoms with Crippen molar-refractivity contribution in [1.82, 2.24) is 4.98 Å². The van der Waals surface area contributed by atoms with Crippen LogP contribution < -0.4 is 4.18 Å². The summed E-state index contributed by atoms with van der Waals surface area (Å²) in [6.07, 6.45) is -10.9. The molecule has 158 valence electrons. The zero-order chi connectivity index (χ0) is 22.2. The highest BCUT2D eigenvalue weighted by molar-refractivity contribution is 7.87. The minimum atomic E-state index is -5.55. The number of aryl methyl sites for hydroxylation is 1. The maximum Gasteiger partial charge on any atom is 0.434 e. The summed E-state index contributed by atoms with van der Waals surface area (Å²) in [5.41, 5.74) is -5.38. The van der Waals surface area contributed by atoms with E-state index in [0.29, 0.717) is 12.7 Å². The number of carbonyl (C=O) groups is 1. The number of halogens is 6. The van der Waals surface area contributed by atoms with Crippen LogP contribution in [0.1, 0.15) is 27.3 Å². The maximum absolute atomic E-state index is 13.3. The Morgan fingerprint density at radius 3 is 2.00 bits per heavy atom. The summed E-state index contributed by atoms with van der Waals surface area (Å²) in [6, 6.07) is 4.59. The normalized spacial score (nSPS) is 12.6. The third-order valence-electron chi connectivity index (χ3n) is 3.44. The zero-order valence-electron chi connectivity index (χ0n) is 14.6. The van der Waals surface area contributed by atoms with Gasteiger partial charge in [0.1, 0.15) is 16.2 Å². The number of hydrogen-bond donors (Lipinski definition) is 0. The van der Waals surface area contributed by atoms with E-state index in [0.717, 1.165) is 12.1 Å². The second kappa shape index (κ2) is 7.54. The first-order chi connectivity index (χ1) is 13.2. The van der Waals surface area contributed by atoms with Crippen LogP contribution in [-0.2, 0) is 27.2 Å². The predicted octanol–water partition coefficient (Wildman–Crippen LogP) is 3.98. The number of rotatable bonds is 4. The van der Waals surface area contributed by atoms with Gasteiger partial charge in [0.15, 0.2) is 11.4 Å². The highest BCUT2D eigenvalue weighted by Gasteiger charge is 2.44. The minimum Gasteiger partial charge on any atom is -0.465 e. The van der Waals surface area contributed by atoms with Gasteiger partial charge < -0.3 is 8.92 Å². The van der Waals surface area contributed by atoms with Gasteiger partial charge in [-0.25, -0.2) is 9.78 Å². The Labute approximate surface area is 160 Å². The van der Waals surface area contributed by atoms with Gasteiger partial charge in [-0.1, -0.05) is 17.7 Å². The van der Waals surface area contributed by atoms with E-state index in [4.69, 9.17) is 0 Å². The molecule has 13 heteroatoms. The van der Waals surface area contributed by atoms with E-state index < -0.39 is 56.0 Å². The van der Waals surface area contributed by atoms with Gasteiger partial charge in [0.2, 0.25) is 0 Å². The molecule has 0 saturated heterocycles. The lowest BCUT2D eigenvalue weighted by Crippen LogP contribution is -2.23. The maximum atomic E-state index is 13.3. The second-order valence-electron chi connectivity index (χ2n) is 5.57. The van der Waals surface area contributed by atoms with Gasteiger partial charge in [-0.05, 0) is 19.1 Å². The van der Waals surface area contributed by atoms with E-state index in [1.807, 2.05) is 0 Å². The summed E-state index contributed by atoms with van der Waals surface area (Å²) in [7, 11) is -4.24. The van der Waals surface area contributed by atoms with Gasteiger partial charge in [0.25, 0.3) is 0 Å². The average Bonchev–Trinajstić information content (AvgIpc) is 2.59. The number of hydrogen-bond acceptors (Lipinski definition) is 6. The highest BCUT2D eigenvalue weighted by atomic mass is 32.2. The van der Waals surface area contributed by atoms with Crippen LogP contribution in [0.2, 0.25) is 0 Å². The van der Waals surface area contributed by atoms with Gasteiger partial charge in [0, 0.05) is 6.07 Å². The molecule has 0 saturated carbocycles. The first-order valence-electron chi connectivity index (χ1n) is 7.45. The molecule has 0 radical (unpaired) electrons. The summed E-state index contributed by atoms with van der Waals surface area (Å²) in [5, 5.41) is 0. The molecule has 0 aliphatic carbocycles. The summed E-state index contributed by atoms with van der Waals surface area (Å²) in [5.74, 6) is -3.31. The van der Waals surface area contributed by atoms with Crippen LogP contribution >= 0.6 is 0 Å². The van der Waals surface area contributed by atoms with Gasteiger partial charge in [-0.3, -0.25) is 0 Å². The van der Waals surface area contributed by atoms with Crippen LogP contribution in [0.4, 0.5) is 26.3 Å². The van der Waals surface area contributed by atoms with Crippen LogP contribution in [0.25, 0.3) is 0 Å². The molecule has 0 aliphatic rings. The Morgan fingerprint density at radius 1 is 1.00 bits per heavy atom.